The summed E-state index contributed by atoms with van der Waals surface area (Å²) in [6.07, 6.45) is 2.05. The van der Waals surface area contributed by atoms with Crippen LogP contribution in [-0.2, 0) is 0 Å². The summed E-state index contributed by atoms with van der Waals surface area (Å²) in [5, 5.41) is 0. The van der Waals surface area contributed by atoms with Gasteiger partial charge in [-0.1, -0.05) is 20.8 Å². The van der Waals surface area contributed by atoms with Crippen molar-refractivity contribution in [3.05, 3.63) is 0 Å². The van der Waals surface area contributed by atoms with Gasteiger partial charge in [-0.05, 0) is 24.8 Å². The Morgan fingerprint density at radius 1 is 1.40 bits per heavy atom. The Bertz CT molecular complexity index is 89.3. The Kier molecular flexibility index (Phi) is 3.91. The van der Waals surface area contributed by atoms with Gasteiger partial charge in [-0.15, -0.1) is 0 Å². The summed E-state index contributed by atoms with van der Waals surface area (Å²) in [6.45, 7) is 7.20. The fourth-order valence-corrected chi connectivity index (χ4v) is 1.11. The Morgan fingerprint density at radius 2 is 1.90 bits per heavy atom. The SMILES string of the molecule is CCC(N)C(C)(C)CCN. The van der Waals surface area contributed by atoms with Gasteiger partial charge < -0.3 is 11.5 Å². The van der Waals surface area contributed by atoms with E-state index in [-0.39, 0.29) is 11.5 Å². The van der Waals surface area contributed by atoms with Gasteiger partial charge in [0.05, 0.1) is 0 Å². The van der Waals surface area contributed by atoms with Gasteiger partial charge in [0.25, 0.3) is 0 Å². The van der Waals surface area contributed by atoms with Crippen LogP contribution in [0.1, 0.15) is 33.6 Å². The number of nitrogens with two attached hydrogens (primary N) is 2. The van der Waals surface area contributed by atoms with Crippen LogP contribution >= 0.6 is 0 Å². The lowest BCUT2D eigenvalue weighted by atomic mass is 9.80. The first-order valence-corrected chi connectivity index (χ1v) is 4.00. The molecular formula is C8H20N2. The van der Waals surface area contributed by atoms with E-state index in [0.29, 0.717) is 0 Å². The average molecular weight is 144 g/mol. The molecule has 0 rings (SSSR count). The molecule has 2 heteroatoms. The molecule has 62 valence electrons. The standard InChI is InChI=1S/C8H20N2/c1-4-7(10)8(2,3)5-6-9/h7H,4-6,9-10H2,1-3H3. The average Bonchev–Trinajstić information content (AvgIpc) is 1.86. The monoisotopic (exact) mass is 144 g/mol. The van der Waals surface area contributed by atoms with E-state index in [1.54, 1.807) is 0 Å². The summed E-state index contributed by atoms with van der Waals surface area (Å²) in [4.78, 5) is 0. The van der Waals surface area contributed by atoms with Crippen molar-refractivity contribution < 1.29 is 0 Å². The normalized spacial score (nSPS) is 15.3. The number of hydrogen-bond acceptors (Lipinski definition) is 2. The molecule has 0 saturated carbocycles. The van der Waals surface area contributed by atoms with E-state index in [9.17, 15) is 0 Å². The molecule has 0 aromatic heterocycles. The van der Waals surface area contributed by atoms with Crippen molar-refractivity contribution in [2.45, 2.75) is 39.7 Å². The fraction of sp³-hybridized carbons (Fsp3) is 1.00. The van der Waals surface area contributed by atoms with Crippen molar-refractivity contribution in [1.82, 2.24) is 0 Å². The molecule has 0 aliphatic heterocycles. The van der Waals surface area contributed by atoms with Crippen LogP contribution < -0.4 is 11.5 Å². The molecule has 0 spiro atoms. The molecular weight excluding hydrogens is 124 g/mol. The minimum Gasteiger partial charge on any atom is -0.330 e. The van der Waals surface area contributed by atoms with Crippen molar-refractivity contribution in [3.8, 4) is 0 Å². The van der Waals surface area contributed by atoms with Crippen LogP contribution in [0.4, 0.5) is 0 Å². The molecule has 0 fully saturated rings. The quantitative estimate of drug-likeness (QED) is 0.620. The fourth-order valence-electron chi connectivity index (χ4n) is 1.11. The lowest BCUT2D eigenvalue weighted by Gasteiger charge is -2.30. The molecule has 0 heterocycles. The van der Waals surface area contributed by atoms with Crippen molar-refractivity contribution in [3.63, 3.8) is 0 Å². The first-order valence-electron chi connectivity index (χ1n) is 4.00. The molecule has 0 aromatic carbocycles. The summed E-state index contributed by atoms with van der Waals surface area (Å²) in [5.41, 5.74) is 11.5. The van der Waals surface area contributed by atoms with Gasteiger partial charge in [-0.3, -0.25) is 0 Å². The van der Waals surface area contributed by atoms with Gasteiger partial charge in [0, 0.05) is 6.04 Å². The van der Waals surface area contributed by atoms with Crippen molar-refractivity contribution in [1.29, 1.82) is 0 Å². The van der Waals surface area contributed by atoms with Crippen LogP contribution in [0.2, 0.25) is 0 Å². The predicted molar refractivity (Wildman–Crippen MR) is 45.7 cm³/mol. The van der Waals surface area contributed by atoms with Crippen LogP contribution in [0, 0.1) is 5.41 Å². The van der Waals surface area contributed by atoms with Gasteiger partial charge in [0.2, 0.25) is 0 Å². The minimum atomic E-state index is 0.212. The summed E-state index contributed by atoms with van der Waals surface area (Å²) >= 11 is 0. The van der Waals surface area contributed by atoms with Crippen LogP contribution in [0.5, 0.6) is 0 Å². The zero-order chi connectivity index (χ0) is 8.20. The van der Waals surface area contributed by atoms with E-state index in [1.165, 1.54) is 0 Å². The molecule has 0 aliphatic carbocycles. The van der Waals surface area contributed by atoms with Crippen molar-refractivity contribution in [2.75, 3.05) is 6.54 Å². The van der Waals surface area contributed by atoms with Crippen LogP contribution in [0.3, 0.4) is 0 Å². The Morgan fingerprint density at radius 3 is 2.20 bits per heavy atom. The van der Waals surface area contributed by atoms with E-state index in [1.807, 2.05) is 0 Å². The molecule has 10 heavy (non-hydrogen) atoms. The second kappa shape index (κ2) is 3.94. The molecule has 0 amide bonds. The molecule has 2 nitrogen and oxygen atoms in total. The largest absolute Gasteiger partial charge is 0.330 e. The van der Waals surface area contributed by atoms with E-state index in [0.717, 1.165) is 19.4 Å². The summed E-state index contributed by atoms with van der Waals surface area (Å²) in [6, 6.07) is 0.288. The third kappa shape index (κ3) is 2.67. The summed E-state index contributed by atoms with van der Waals surface area (Å²) < 4.78 is 0. The highest BCUT2D eigenvalue weighted by Crippen LogP contribution is 2.24. The van der Waals surface area contributed by atoms with Gasteiger partial charge in [0.15, 0.2) is 0 Å². The van der Waals surface area contributed by atoms with Gasteiger partial charge in [0.1, 0.15) is 0 Å². The molecule has 0 aliphatic rings. The Hall–Kier alpha value is -0.0800. The molecule has 1 unspecified atom stereocenters. The predicted octanol–water partition coefficient (Wildman–Crippen LogP) is 1.10. The first kappa shape index (κ1) is 9.92. The van der Waals surface area contributed by atoms with E-state index >= 15 is 0 Å². The van der Waals surface area contributed by atoms with E-state index < -0.39 is 0 Å². The smallest absolute Gasteiger partial charge is 0.00881 e. The second-order valence-corrected chi connectivity index (χ2v) is 3.54. The van der Waals surface area contributed by atoms with Crippen molar-refractivity contribution >= 4 is 0 Å². The highest BCUT2D eigenvalue weighted by molar-refractivity contribution is 4.80. The molecule has 0 aromatic rings. The van der Waals surface area contributed by atoms with Crippen LogP contribution in [-0.4, -0.2) is 12.6 Å². The molecule has 0 bridgehead atoms. The van der Waals surface area contributed by atoms with Gasteiger partial charge in [-0.2, -0.15) is 0 Å². The summed E-state index contributed by atoms with van der Waals surface area (Å²) in [5.74, 6) is 0. The van der Waals surface area contributed by atoms with Crippen LogP contribution in [0.25, 0.3) is 0 Å². The zero-order valence-corrected chi connectivity index (χ0v) is 7.35. The zero-order valence-electron chi connectivity index (χ0n) is 7.35. The molecule has 1 atom stereocenters. The maximum absolute atomic E-state index is 5.88. The third-order valence-electron chi connectivity index (χ3n) is 2.23. The first-order chi connectivity index (χ1) is 4.54. The third-order valence-corrected chi connectivity index (χ3v) is 2.23. The minimum absolute atomic E-state index is 0.212. The summed E-state index contributed by atoms with van der Waals surface area (Å²) in [7, 11) is 0. The Balaban J connectivity index is 3.82. The lowest BCUT2D eigenvalue weighted by molar-refractivity contribution is 0.261. The maximum Gasteiger partial charge on any atom is 0.00881 e. The molecule has 0 saturated heterocycles. The van der Waals surface area contributed by atoms with Gasteiger partial charge in [-0.25, -0.2) is 0 Å². The maximum atomic E-state index is 5.88. The van der Waals surface area contributed by atoms with Gasteiger partial charge >= 0.3 is 0 Å². The Labute approximate surface area is 64.0 Å². The number of rotatable bonds is 4. The van der Waals surface area contributed by atoms with E-state index in [4.69, 9.17) is 11.5 Å². The topological polar surface area (TPSA) is 52.0 Å². The highest BCUT2D eigenvalue weighted by atomic mass is 14.7. The molecule has 0 radical (unpaired) electrons. The molecule has 4 N–H and O–H groups in total. The second-order valence-electron chi connectivity index (χ2n) is 3.54. The lowest BCUT2D eigenvalue weighted by Crippen LogP contribution is -2.38. The highest BCUT2D eigenvalue weighted by Gasteiger charge is 2.23. The number of hydrogen-bond donors (Lipinski definition) is 2. The van der Waals surface area contributed by atoms with Crippen LogP contribution in [0.15, 0.2) is 0 Å². The van der Waals surface area contributed by atoms with Crippen molar-refractivity contribution in [2.24, 2.45) is 16.9 Å². The van der Waals surface area contributed by atoms with E-state index in [2.05, 4.69) is 20.8 Å².